The molecule has 2 aromatic rings. The summed E-state index contributed by atoms with van der Waals surface area (Å²) in [6.45, 7) is 5.30. The molecule has 20 heavy (non-hydrogen) atoms. The number of imidazole rings is 1. The number of rotatable bonds is 3. The number of nitrogens with one attached hydrogen (secondary N) is 1. The smallest absolute Gasteiger partial charge is 0.254 e. The van der Waals surface area contributed by atoms with Gasteiger partial charge in [0.1, 0.15) is 17.3 Å². The highest BCUT2D eigenvalue weighted by Gasteiger charge is 2.20. The van der Waals surface area contributed by atoms with Crippen molar-refractivity contribution in [3.8, 4) is 0 Å². The highest BCUT2D eigenvalue weighted by atomic mass is 16.3. The summed E-state index contributed by atoms with van der Waals surface area (Å²) in [5, 5.41) is 3.01. The lowest BCUT2D eigenvalue weighted by Gasteiger charge is -2.23. The molecule has 106 valence electrons. The molecule has 3 rings (SSSR count). The summed E-state index contributed by atoms with van der Waals surface area (Å²) < 4.78 is 7.56. The number of aromatic nitrogens is 2. The number of carbonyl (C=O) groups excluding carboxylic acids is 1. The number of fused-ring (bicyclic) bond motifs is 1. The summed E-state index contributed by atoms with van der Waals surface area (Å²) in [6.07, 6.45) is 5.90. The van der Waals surface area contributed by atoms with Gasteiger partial charge in [0.05, 0.1) is 5.56 Å². The zero-order chi connectivity index (χ0) is 14.1. The van der Waals surface area contributed by atoms with Crippen molar-refractivity contribution in [2.24, 2.45) is 5.92 Å². The number of furan rings is 1. The quantitative estimate of drug-likeness (QED) is 0.931. The molecule has 0 saturated heterocycles. The first-order valence-electron chi connectivity index (χ1n) is 6.98. The fourth-order valence-electron chi connectivity index (χ4n) is 2.79. The van der Waals surface area contributed by atoms with E-state index in [0.717, 1.165) is 31.0 Å². The van der Waals surface area contributed by atoms with Crippen molar-refractivity contribution in [1.29, 1.82) is 0 Å². The highest BCUT2D eigenvalue weighted by molar-refractivity contribution is 5.95. The van der Waals surface area contributed by atoms with Crippen molar-refractivity contribution in [1.82, 2.24) is 14.9 Å². The van der Waals surface area contributed by atoms with Crippen LogP contribution in [0, 0.1) is 19.8 Å². The van der Waals surface area contributed by atoms with Crippen molar-refractivity contribution in [3.63, 3.8) is 0 Å². The topological polar surface area (TPSA) is 60.1 Å². The zero-order valence-corrected chi connectivity index (χ0v) is 11.8. The molecule has 5 heteroatoms. The Morgan fingerprint density at radius 3 is 3.15 bits per heavy atom. The molecular weight excluding hydrogens is 254 g/mol. The largest absolute Gasteiger partial charge is 0.466 e. The van der Waals surface area contributed by atoms with Crippen LogP contribution in [0.3, 0.4) is 0 Å². The summed E-state index contributed by atoms with van der Waals surface area (Å²) in [5.74, 6) is 3.02. The number of hydrogen-bond acceptors (Lipinski definition) is 3. The Kier molecular flexibility index (Phi) is 3.34. The first kappa shape index (κ1) is 13.0. The van der Waals surface area contributed by atoms with Crippen LogP contribution in [0.2, 0.25) is 0 Å². The van der Waals surface area contributed by atoms with Gasteiger partial charge in [-0.3, -0.25) is 4.79 Å². The van der Waals surface area contributed by atoms with E-state index in [1.807, 2.05) is 26.2 Å². The van der Waals surface area contributed by atoms with E-state index in [1.165, 1.54) is 0 Å². The number of aryl methyl sites for hydroxylation is 3. The molecule has 1 aliphatic rings. The van der Waals surface area contributed by atoms with Crippen LogP contribution in [0.1, 0.15) is 34.1 Å². The predicted octanol–water partition coefficient (Wildman–Crippen LogP) is 2.09. The van der Waals surface area contributed by atoms with Gasteiger partial charge in [-0.2, -0.15) is 0 Å². The maximum atomic E-state index is 12.1. The highest BCUT2D eigenvalue weighted by Crippen LogP contribution is 2.18. The predicted molar refractivity (Wildman–Crippen MR) is 74.6 cm³/mol. The number of amides is 1. The second-order valence-electron chi connectivity index (χ2n) is 5.44. The van der Waals surface area contributed by atoms with E-state index in [2.05, 4.69) is 14.9 Å². The van der Waals surface area contributed by atoms with Crippen molar-refractivity contribution >= 4 is 5.91 Å². The molecule has 1 atom stereocenters. The summed E-state index contributed by atoms with van der Waals surface area (Å²) in [4.78, 5) is 16.4. The molecule has 1 N–H and O–H groups in total. The summed E-state index contributed by atoms with van der Waals surface area (Å²) >= 11 is 0. The minimum Gasteiger partial charge on any atom is -0.466 e. The molecular formula is C15H19N3O2. The van der Waals surface area contributed by atoms with Gasteiger partial charge in [0.25, 0.3) is 5.91 Å². The standard InChI is InChI=1S/C15H19N3O2/c1-10-7-13(11(2)20-10)15(19)17-8-12-3-4-14-16-5-6-18(14)9-12/h5-7,12H,3-4,8-9H2,1-2H3,(H,17,19)/t12-/m0/s1. The molecule has 2 aromatic heterocycles. The van der Waals surface area contributed by atoms with E-state index in [4.69, 9.17) is 4.42 Å². The molecule has 5 nitrogen and oxygen atoms in total. The lowest BCUT2D eigenvalue weighted by atomic mass is 9.99. The van der Waals surface area contributed by atoms with Gasteiger partial charge in [0, 0.05) is 31.9 Å². The zero-order valence-electron chi connectivity index (χ0n) is 11.8. The monoisotopic (exact) mass is 273 g/mol. The molecule has 1 aliphatic heterocycles. The summed E-state index contributed by atoms with van der Waals surface area (Å²) in [7, 11) is 0. The maximum Gasteiger partial charge on any atom is 0.254 e. The first-order valence-corrected chi connectivity index (χ1v) is 6.98. The second kappa shape index (κ2) is 5.15. The molecule has 0 unspecified atom stereocenters. The van der Waals surface area contributed by atoms with E-state index >= 15 is 0 Å². The van der Waals surface area contributed by atoms with Gasteiger partial charge in [-0.05, 0) is 32.3 Å². The minimum absolute atomic E-state index is 0.0456. The van der Waals surface area contributed by atoms with Crippen molar-refractivity contribution in [2.45, 2.75) is 33.2 Å². The molecule has 3 heterocycles. The first-order chi connectivity index (χ1) is 9.63. The van der Waals surface area contributed by atoms with Gasteiger partial charge >= 0.3 is 0 Å². The fraction of sp³-hybridized carbons (Fsp3) is 0.467. The molecule has 0 radical (unpaired) electrons. The Bertz CT molecular complexity index is 627. The Balaban J connectivity index is 1.58. The van der Waals surface area contributed by atoms with Gasteiger partial charge in [-0.1, -0.05) is 0 Å². The van der Waals surface area contributed by atoms with Crippen LogP contribution in [0.25, 0.3) is 0 Å². The van der Waals surface area contributed by atoms with Crippen molar-refractivity contribution in [3.05, 3.63) is 41.4 Å². The molecule has 0 bridgehead atoms. The van der Waals surface area contributed by atoms with E-state index < -0.39 is 0 Å². The molecule has 0 fully saturated rings. The molecule has 0 aliphatic carbocycles. The van der Waals surface area contributed by atoms with Crippen LogP contribution >= 0.6 is 0 Å². The normalized spacial score (nSPS) is 17.8. The lowest BCUT2D eigenvalue weighted by Crippen LogP contribution is -2.33. The van der Waals surface area contributed by atoms with Gasteiger partial charge in [-0.15, -0.1) is 0 Å². The van der Waals surface area contributed by atoms with Crippen LogP contribution in [-0.4, -0.2) is 22.0 Å². The second-order valence-corrected chi connectivity index (χ2v) is 5.44. The third-order valence-corrected chi connectivity index (χ3v) is 3.87. The van der Waals surface area contributed by atoms with Crippen LogP contribution in [0.4, 0.5) is 0 Å². The molecule has 0 saturated carbocycles. The van der Waals surface area contributed by atoms with Crippen molar-refractivity contribution in [2.75, 3.05) is 6.54 Å². The Morgan fingerprint density at radius 2 is 2.40 bits per heavy atom. The van der Waals surface area contributed by atoms with Gasteiger partial charge in [0.2, 0.25) is 0 Å². The van der Waals surface area contributed by atoms with Crippen LogP contribution in [-0.2, 0) is 13.0 Å². The summed E-state index contributed by atoms with van der Waals surface area (Å²) in [6, 6.07) is 1.79. The lowest BCUT2D eigenvalue weighted by molar-refractivity contribution is 0.0942. The van der Waals surface area contributed by atoms with Gasteiger partial charge in [-0.25, -0.2) is 4.98 Å². The number of nitrogens with zero attached hydrogens (tertiary/aromatic N) is 2. The van der Waals surface area contributed by atoms with Crippen LogP contribution in [0.15, 0.2) is 22.9 Å². The number of carbonyl (C=O) groups is 1. The van der Waals surface area contributed by atoms with Crippen LogP contribution in [0.5, 0.6) is 0 Å². The Hall–Kier alpha value is -2.04. The Morgan fingerprint density at radius 1 is 1.55 bits per heavy atom. The third-order valence-electron chi connectivity index (χ3n) is 3.87. The number of hydrogen-bond donors (Lipinski definition) is 1. The Labute approximate surface area is 118 Å². The average molecular weight is 273 g/mol. The fourth-order valence-corrected chi connectivity index (χ4v) is 2.79. The van der Waals surface area contributed by atoms with E-state index in [0.29, 0.717) is 23.8 Å². The molecule has 0 spiro atoms. The summed E-state index contributed by atoms with van der Waals surface area (Å²) in [5.41, 5.74) is 0.640. The van der Waals surface area contributed by atoms with E-state index in [1.54, 1.807) is 6.07 Å². The van der Waals surface area contributed by atoms with E-state index in [-0.39, 0.29) is 5.91 Å². The minimum atomic E-state index is -0.0456. The van der Waals surface area contributed by atoms with E-state index in [9.17, 15) is 4.79 Å². The molecule has 1 amide bonds. The molecule has 0 aromatic carbocycles. The average Bonchev–Trinajstić information content (AvgIpc) is 3.01. The van der Waals surface area contributed by atoms with Crippen molar-refractivity contribution < 1.29 is 9.21 Å². The third kappa shape index (κ3) is 2.48. The van der Waals surface area contributed by atoms with Crippen LogP contribution < -0.4 is 5.32 Å². The SMILES string of the molecule is Cc1cc(C(=O)NC[C@@H]2CCc3nccn3C2)c(C)o1. The maximum absolute atomic E-state index is 12.1. The van der Waals surface area contributed by atoms with Gasteiger partial charge in [0.15, 0.2) is 0 Å². The van der Waals surface area contributed by atoms with Gasteiger partial charge < -0.3 is 14.3 Å².